The van der Waals surface area contributed by atoms with E-state index in [1.807, 2.05) is 0 Å². The van der Waals surface area contributed by atoms with E-state index in [4.69, 9.17) is 40.1 Å². The number of nitrogens with one attached hydrogen (secondary N) is 7. The minimum atomic E-state index is -1.73. The molecule has 0 aliphatic carbocycles. The van der Waals surface area contributed by atoms with Gasteiger partial charge in [-0.25, -0.2) is 0 Å². The fourth-order valence-corrected chi connectivity index (χ4v) is 5.97. The molecular weight excluding hydrogens is 897 g/mol. The molecule has 0 fully saturated rings. The topological polar surface area (TPSA) is 502 Å². The maximum absolute atomic E-state index is 13.8. The zero-order valence-electron chi connectivity index (χ0n) is 38.1. The van der Waals surface area contributed by atoms with Crippen molar-refractivity contribution in [3.63, 3.8) is 0 Å². The number of benzene rings is 1. The van der Waals surface area contributed by atoms with Crippen LogP contribution < -0.4 is 77.4 Å². The third kappa shape index (κ3) is 23.4. The maximum atomic E-state index is 13.8. The molecule has 68 heavy (non-hydrogen) atoms. The Bertz CT molecular complexity index is 1990. The average molecular weight is 963 g/mol. The highest BCUT2D eigenvalue weighted by Gasteiger charge is 2.33. The number of aliphatic imine (C=N–C) groups is 2. The van der Waals surface area contributed by atoms with Crippen molar-refractivity contribution in [2.75, 3.05) is 19.6 Å². The monoisotopic (exact) mass is 963 g/mol. The van der Waals surface area contributed by atoms with Crippen LogP contribution in [0.3, 0.4) is 0 Å². The minimum absolute atomic E-state index is 0.0181. The largest absolute Gasteiger partial charge is 0.508 e. The summed E-state index contributed by atoms with van der Waals surface area (Å²) in [6.07, 6.45) is -1.22. The van der Waals surface area contributed by atoms with Gasteiger partial charge in [0.25, 0.3) is 0 Å². The number of hydrogen-bond donors (Lipinski definition) is 16. The molecule has 1 aromatic rings. The number of phenolic OH excluding ortho intramolecular Hbond substituents is 1. The number of carboxylic acid groups (broad SMARTS) is 1. The van der Waals surface area contributed by atoms with Crippen LogP contribution in [0.25, 0.3) is 0 Å². The van der Waals surface area contributed by atoms with E-state index in [-0.39, 0.29) is 75.7 Å². The van der Waals surface area contributed by atoms with E-state index in [0.717, 1.165) is 0 Å². The summed E-state index contributed by atoms with van der Waals surface area (Å²) in [5.74, 6) is -10.7. The van der Waals surface area contributed by atoms with Crippen LogP contribution in [-0.2, 0) is 54.4 Å². The smallest absolute Gasteiger partial charge is 0.325 e. The highest BCUT2D eigenvalue weighted by atomic mass is 16.4. The number of rotatable bonds is 31. The second-order valence-corrected chi connectivity index (χ2v) is 15.9. The van der Waals surface area contributed by atoms with Crippen molar-refractivity contribution in [3.8, 4) is 5.75 Å². The minimum Gasteiger partial charge on any atom is -0.508 e. The quantitative estimate of drug-likeness (QED) is 0.0187. The Kier molecular flexibility index (Phi) is 25.4. The fraction of sp³-hybridized carbons (Fsp3) is 0.550. The molecule has 0 bridgehead atoms. The van der Waals surface area contributed by atoms with Gasteiger partial charge in [-0.3, -0.25) is 57.9 Å². The SMILES string of the molecule is CC(C)[C@H](NC(=O)[C@H](CCCN=C(N)N)NC(=O)[C@@H](N)CCC(N)=O)C(=O)NCC(=O)N[C@@H](CC(N)=O)C(=O)N[C@@H](CCCN=C(N)N)C(=O)N[C@@H](Cc1ccc(O)cc1)C(=O)N[C@@H](C)C(=O)O. The van der Waals surface area contributed by atoms with Gasteiger partial charge in [-0.15, -0.1) is 0 Å². The number of nitrogens with zero attached hydrogens (tertiary/aromatic N) is 2. The van der Waals surface area contributed by atoms with Crippen molar-refractivity contribution in [1.29, 1.82) is 0 Å². The first-order valence-corrected chi connectivity index (χ1v) is 21.3. The van der Waals surface area contributed by atoms with Gasteiger partial charge in [-0.1, -0.05) is 26.0 Å². The highest BCUT2D eigenvalue weighted by molar-refractivity contribution is 5.98. The number of primary amides is 2. The zero-order valence-corrected chi connectivity index (χ0v) is 38.1. The predicted molar refractivity (Wildman–Crippen MR) is 245 cm³/mol. The lowest BCUT2D eigenvalue weighted by Crippen LogP contribution is -2.59. The van der Waals surface area contributed by atoms with Crippen LogP contribution in [-0.4, -0.2) is 143 Å². The van der Waals surface area contributed by atoms with Crippen molar-refractivity contribution >= 4 is 71.1 Å². The molecule has 0 saturated carbocycles. The molecule has 0 heterocycles. The van der Waals surface area contributed by atoms with E-state index >= 15 is 0 Å². The molecule has 0 spiro atoms. The zero-order chi connectivity index (χ0) is 51.7. The van der Waals surface area contributed by atoms with Crippen molar-refractivity contribution in [2.24, 2.45) is 56.0 Å². The van der Waals surface area contributed by atoms with Gasteiger partial charge in [-0.05, 0) is 62.6 Å². The second-order valence-electron chi connectivity index (χ2n) is 15.9. The van der Waals surface area contributed by atoms with Crippen molar-refractivity contribution in [1.82, 2.24) is 37.2 Å². The van der Waals surface area contributed by atoms with Gasteiger partial charge in [0.15, 0.2) is 11.9 Å². The van der Waals surface area contributed by atoms with Crippen molar-refractivity contribution < 1.29 is 58.2 Å². The first-order valence-electron chi connectivity index (χ1n) is 21.3. The normalized spacial score (nSPS) is 13.8. The summed E-state index contributed by atoms with van der Waals surface area (Å²) in [5.41, 5.74) is 38.4. The summed E-state index contributed by atoms with van der Waals surface area (Å²) in [6, 6.07) is -4.19. The molecule has 1 aromatic carbocycles. The fourth-order valence-electron chi connectivity index (χ4n) is 5.97. The van der Waals surface area contributed by atoms with Gasteiger partial charge in [-0.2, -0.15) is 0 Å². The third-order valence-electron chi connectivity index (χ3n) is 9.66. The number of nitrogens with two attached hydrogens (primary N) is 7. The number of amides is 9. The molecule has 0 unspecified atom stereocenters. The standard InChI is InChI=1S/C40H66N16O12/c1-19(2)31(56-34(63)25(7-5-15-49-40(46)47)53-32(61)23(41)12-13-28(42)58)37(66)50-18-30(60)52-27(17-29(43)59)36(65)54-24(6-4-14-48-39(44)45)33(62)55-26(35(64)51-20(3)38(67)68)16-21-8-10-22(57)11-9-21/h8-11,19-20,23-27,31,57H,4-7,12-18,41H2,1-3H3,(H2,42,58)(H2,43,59)(H,50,66)(H,51,64)(H,52,60)(H,53,61)(H,54,65)(H,55,62)(H,56,63)(H,67,68)(H4,44,45,48)(H4,46,47,49)/t20-,23-,24-,25-,26-,27-,31-/m0/s1. The molecule has 0 saturated heterocycles. The van der Waals surface area contributed by atoms with E-state index in [0.29, 0.717) is 5.56 Å². The van der Waals surface area contributed by atoms with Gasteiger partial charge in [0, 0.05) is 25.9 Å². The molecule has 28 heteroatoms. The molecule has 0 aromatic heterocycles. The Hall–Kier alpha value is -7.78. The van der Waals surface area contributed by atoms with E-state index in [1.165, 1.54) is 31.2 Å². The Morgan fingerprint density at radius 1 is 0.588 bits per heavy atom. The number of guanidine groups is 2. The molecule has 28 nitrogen and oxygen atoms in total. The lowest BCUT2D eigenvalue weighted by molar-refractivity contribution is -0.141. The summed E-state index contributed by atoms with van der Waals surface area (Å²) in [4.78, 5) is 136. The average Bonchev–Trinajstić information content (AvgIpc) is 3.25. The van der Waals surface area contributed by atoms with Gasteiger partial charge >= 0.3 is 5.97 Å². The molecule has 23 N–H and O–H groups in total. The molecular formula is C40H66N16O12. The van der Waals surface area contributed by atoms with Gasteiger partial charge in [0.1, 0.15) is 42.0 Å². The van der Waals surface area contributed by atoms with Crippen LogP contribution in [0.15, 0.2) is 34.3 Å². The maximum Gasteiger partial charge on any atom is 0.325 e. The van der Waals surface area contributed by atoms with E-state index in [2.05, 4.69) is 47.2 Å². The van der Waals surface area contributed by atoms with Gasteiger partial charge in [0.05, 0.1) is 19.0 Å². The van der Waals surface area contributed by atoms with Crippen LogP contribution >= 0.6 is 0 Å². The molecule has 0 aliphatic rings. The molecule has 1 rings (SSSR count). The lowest BCUT2D eigenvalue weighted by Gasteiger charge is -2.26. The van der Waals surface area contributed by atoms with Crippen molar-refractivity contribution in [3.05, 3.63) is 29.8 Å². The number of carbonyl (C=O) groups excluding carboxylic acids is 9. The van der Waals surface area contributed by atoms with Gasteiger partial charge < -0.3 is 87.6 Å². The Labute approximate surface area is 391 Å². The van der Waals surface area contributed by atoms with Gasteiger partial charge in [0.2, 0.25) is 53.2 Å². The number of aliphatic carboxylic acids is 1. The number of carboxylic acids is 1. The molecule has 0 aliphatic heterocycles. The Morgan fingerprint density at radius 2 is 1.07 bits per heavy atom. The molecule has 0 radical (unpaired) electrons. The van der Waals surface area contributed by atoms with Crippen LogP contribution in [0.5, 0.6) is 5.75 Å². The van der Waals surface area contributed by atoms with E-state index in [1.54, 1.807) is 13.8 Å². The molecule has 9 amide bonds. The van der Waals surface area contributed by atoms with Crippen LogP contribution in [0, 0.1) is 5.92 Å². The van der Waals surface area contributed by atoms with E-state index in [9.17, 15) is 58.2 Å². The molecule has 7 atom stereocenters. The summed E-state index contributed by atoms with van der Waals surface area (Å²) in [5, 5.41) is 35.9. The van der Waals surface area contributed by atoms with E-state index < -0.39 is 120 Å². The first-order chi connectivity index (χ1) is 31.8. The van der Waals surface area contributed by atoms with Crippen molar-refractivity contribution in [2.45, 2.75) is 114 Å². The Morgan fingerprint density at radius 3 is 1.56 bits per heavy atom. The van der Waals surface area contributed by atoms with Crippen LogP contribution in [0.2, 0.25) is 0 Å². The third-order valence-corrected chi connectivity index (χ3v) is 9.66. The molecule has 378 valence electrons. The first kappa shape index (κ1) is 58.2. The number of hydrogen-bond acceptors (Lipinski definition) is 14. The predicted octanol–water partition coefficient (Wildman–Crippen LogP) is -6.70. The number of carbonyl (C=O) groups is 10. The summed E-state index contributed by atoms with van der Waals surface area (Å²) in [6.45, 7) is 3.61. The lowest BCUT2D eigenvalue weighted by atomic mass is 10.0. The number of aromatic hydroxyl groups is 1. The highest BCUT2D eigenvalue weighted by Crippen LogP contribution is 2.13. The Balaban J connectivity index is 3.27. The van der Waals surface area contributed by atoms with Crippen LogP contribution in [0.1, 0.15) is 71.3 Å². The number of phenols is 1. The summed E-state index contributed by atoms with van der Waals surface area (Å²) < 4.78 is 0. The van der Waals surface area contributed by atoms with Crippen LogP contribution in [0.4, 0.5) is 0 Å². The summed E-state index contributed by atoms with van der Waals surface area (Å²) in [7, 11) is 0. The second kappa shape index (κ2) is 29.7. The summed E-state index contributed by atoms with van der Waals surface area (Å²) >= 11 is 0.